The number of methoxy groups -OCH3 is 1. The van der Waals surface area contributed by atoms with E-state index in [1.807, 2.05) is 0 Å². The molecule has 0 fully saturated rings. The smallest absolute Gasteiger partial charge is 0.416 e. The number of carbonyl (C=O) groups excluding carboxylic acids is 2. The van der Waals surface area contributed by atoms with Crippen LogP contribution in [-0.4, -0.2) is 29.0 Å². The van der Waals surface area contributed by atoms with Crippen molar-refractivity contribution in [2.24, 2.45) is 0 Å². The average Bonchev–Trinajstić information content (AvgIpc) is 2.26. The molecule has 0 unspecified atom stereocenters. The molecular weight excluding hydrogens is 196 g/mol. The summed E-state index contributed by atoms with van der Waals surface area (Å²) in [6, 6.07) is 5.29. The first-order valence-electron chi connectivity index (χ1n) is 4.41. The van der Waals surface area contributed by atoms with Gasteiger partial charge in [-0.3, -0.25) is 9.78 Å². The van der Waals surface area contributed by atoms with Crippen LogP contribution in [0.1, 0.15) is 12.6 Å². The summed E-state index contributed by atoms with van der Waals surface area (Å²) in [5, 5.41) is 0. The summed E-state index contributed by atoms with van der Waals surface area (Å²) in [6.07, 6.45) is 0.929. The van der Waals surface area contributed by atoms with Crippen molar-refractivity contribution in [2.75, 3.05) is 7.11 Å². The van der Waals surface area contributed by atoms with E-state index in [9.17, 15) is 9.59 Å². The van der Waals surface area contributed by atoms with E-state index in [0.29, 0.717) is 5.69 Å². The SMILES string of the molecule is COC(=O)N(Cc1ccccn1)C(C)=O. The highest BCUT2D eigenvalue weighted by molar-refractivity contribution is 5.90. The zero-order chi connectivity index (χ0) is 11.3. The van der Waals surface area contributed by atoms with Crippen LogP contribution >= 0.6 is 0 Å². The Balaban J connectivity index is 2.76. The van der Waals surface area contributed by atoms with Gasteiger partial charge in [-0.05, 0) is 12.1 Å². The van der Waals surface area contributed by atoms with Gasteiger partial charge < -0.3 is 4.74 Å². The Hall–Kier alpha value is -1.91. The van der Waals surface area contributed by atoms with Gasteiger partial charge in [0.2, 0.25) is 5.91 Å². The molecule has 0 aliphatic heterocycles. The number of hydrogen-bond acceptors (Lipinski definition) is 4. The number of amides is 2. The molecule has 5 nitrogen and oxygen atoms in total. The molecule has 0 aromatic carbocycles. The van der Waals surface area contributed by atoms with E-state index in [2.05, 4.69) is 9.72 Å². The topological polar surface area (TPSA) is 59.5 Å². The molecule has 0 saturated carbocycles. The minimum atomic E-state index is -0.673. The number of imide groups is 1. The zero-order valence-corrected chi connectivity index (χ0v) is 8.64. The Morgan fingerprint density at radius 1 is 1.47 bits per heavy atom. The molecule has 2 amide bonds. The summed E-state index contributed by atoms with van der Waals surface area (Å²) in [7, 11) is 1.23. The van der Waals surface area contributed by atoms with E-state index in [-0.39, 0.29) is 12.5 Å². The maximum Gasteiger partial charge on any atom is 0.416 e. The fraction of sp³-hybridized carbons (Fsp3) is 0.300. The zero-order valence-electron chi connectivity index (χ0n) is 8.64. The van der Waals surface area contributed by atoms with Crippen LogP contribution in [0.4, 0.5) is 4.79 Å². The van der Waals surface area contributed by atoms with Crippen molar-refractivity contribution in [1.82, 2.24) is 9.88 Å². The molecule has 0 aliphatic rings. The van der Waals surface area contributed by atoms with E-state index in [1.54, 1.807) is 24.4 Å². The molecule has 0 spiro atoms. The van der Waals surface area contributed by atoms with Gasteiger partial charge in [-0.15, -0.1) is 0 Å². The van der Waals surface area contributed by atoms with Crippen LogP contribution in [0.25, 0.3) is 0 Å². The summed E-state index contributed by atoms with van der Waals surface area (Å²) in [6.45, 7) is 1.43. The van der Waals surface area contributed by atoms with Gasteiger partial charge in [-0.2, -0.15) is 0 Å². The van der Waals surface area contributed by atoms with E-state index in [0.717, 1.165) is 4.90 Å². The van der Waals surface area contributed by atoms with Gasteiger partial charge in [0.15, 0.2) is 0 Å². The summed E-state index contributed by atoms with van der Waals surface area (Å²) < 4.78 is 4.48. The predicted octanol–water partition coefficient (Wildman–Crippen LogP) is 1.20. The van der Waals surface area contributed by atoms with Crippen molar-refractivity contribution in [2.45, 2.75) is 13.5 Å². The Kier molecular flexibility index (Phi) is 3.79. The molecule has 0 radical (unpaired) electrons. The van der Waals surface area contributed by atoms with Gasteiger partial charge in [0.25, 0.3) is 0 Å². The van der Waals surface area contributed by atoms with Crippen LogP contribution in [0.15, 0.2) is 24.4 Å². The highest BCUT2D eigenvalue weighted by Gasteiger charge is 2.18. The molecule has 1 heterocycles. The van der Waals surface area contributed by atoms with Gasteiger partial charge in [-0.1, -0.05) is 6.07 Å². The number of rotatable bonds is 2. The highest BCUT2D eigenvalue weighted by atomic mass is 16.5. The number of carbonyl (C=O) groups is 2. The lowest BCUT2D eigenvalue weighted by molar-refractivity contribution is -0.127. The first-order chi connectivity index (χ1) is 7.15. The van der Waals surface area contributed by atoms with Gasteiger partial charge in [0, 0.05) is 13.1 Å². The van der Waals surface area contributed by atoms with Crippen LogP contribution in [0.3, 0.4) is 0 Å². The molecule has 1 aromatic heterocycles. The number of nitrogens with zero attached hydrogens (tertiary/aromatic N) is 2. The van der Waals surface area contributed by atoms with Crippen molar-refractivity contribution in [3.63, 3.8) is 0 Å². The lowest BCUT2D eigenvalue weighted by Gasteiger charge is -2.16. The fourth-order valence-corrected chi connectivity index (χ4v) is 1.07. The van der Waals surface area contributed by atoms with E-state index < -0.39 is 6.09 Å². The largest absolute Gasteiger partial charge is 0.452 e. The van der Waals surface area contributed by atoms with Gasteiger partial charge in [-0.25, -0.2) is 9.69 Å². The normalized spacial score (nSPS) is 9.47. The molecule has 0 saturated heterocycles. The van der Waals surface area contributed by atoms with Crippen LogP contribution in [0, 0.1) is 0 Å². The maximum absolute atomic E-state index is 11.2. The first kappa shape index (κ1) is 11.2. The highest BCUT2D eigenvalue weighted by Crippen LogP contribution is 2.03. The van der Waals surface area contributed by atoms with Gasteiger partial charge >= 0.3 is 6.09 Å². The Bertz CT molecular complexity index is 351. The maximum atomic E-state index is 11.2. The quantitative estimate of drug-likeness (QED) is 0.732. The van der Waals surface area contributed by atoms with Crippen molar-refractivity contribution in [3.05, 3.63) is 30.1 Å². The Labute approximate surface area is 87.7 Å². The average molecular weight is 208 g/mol. The molecule has 0 aliphatic carbocycles. The monoisotopic (exact) mass is 208 g/mol. The third-order valence-electron chi connectivity index (χ3n) is 1.82. The third kappa shape index (κ3) is 3.05. The summed E-state index contributed by atoms with van der Waals surface area (Å²) in [5.41, 5.74) is 0.637. The summed E-state index contributed by atoms with van der Waals surface area (Å²) in [4.78, 5) is 27.4. The summed E-state index contributed by atoms with van der Waals surface area (Å²) in [5.74, 6) is -0.368. The lowest BCUT2D eigenvalue weighted by atomic mass is 10.3. The molecule has 0 bridgehead atoms. The van der Waals surface area contributed by atoms with E-state index in [1.165, 1.54) is 14.0 Å². The van der Waals surface area contributed by atoms with Crippen molar-refractivity contribution in [3.8, 4) is 0 Å². The van der Waals surface area contributed by atoms with E-state index in [4.69, 9.17) is 0 Å². The van der Waals surface area contributed by atoms with Crippen molar-refractivity contribution in [1.29, 1.82) is 0 Å². The predicted molar refractivity (Wildman–Crippen MR) is 52.9 cm³/mol. The fourth-order valence-electron chi connectivity index (χ4n) is 1.07. The first-order valence-corrected chi connectivity index (χ1v) is 4.41. The molecule has 1 aromatic rings. The van der Waals surface area contributed by atoms with E-state index >= 15 is 0 Å². The van der Waals surface area contributed by atoms with Crippen LogP contribution in [-0.2, 0) is 16.1 Å². The Morgan fingerprint density at radius 2 is 2.20 bits per heavy atom. The molecule has 1 rings (SSSR count). The molecule has 0 atom stereocenters. The van der Waals surface area contributed by atoms with Crippen LogP contribution < -0.4 is 0 Å². The number of ether oxygens (including phenoxy) is 1. The second kappa shape index (κ2) is 5.09. The van der Waals surface area contributed by atoms with Crippen molar-refractivity contribution >= 4 is 12.0 Å². The molecule has 80 valence electrons. The lowest BCUT2D eigenvalue weighted by Crippen LogP contribution is -2.34. The van der Waals surface area contributed by atoms with Gasteiger partial charge in [0.05, 0.1) is 19.3 Å². The second-order valence-electron chi connectivity index (χ2n) is 2.90. The Morgan fingerprint density at radius 3 is 2.67 bits per heavy atom. The van der Waals surface area contributed by atoms with Crippen molar-refractivity contribution < 1.29 is 14.3 Å². The number of aromatic nitrogens is 1. The third-order valence-corrected chi connectivity index (χ3v) is 1.82. The van der Waals surface area contributed by atoms with Crippen LogP contribution in [0.5, 0.6) is 0 Å². The second-order valence-corrected chi connectivity index (χ2v) is 2.90. The molecule has 15 heavy (non-hydrogen) atoms. The van der Waals surface area contributed by atoms with Crippen LogP contribution in [0.2, 0.25) is 0 Å². The number of hydrogen-bond donors (Lipinski definition) is 0. The standard InChI is InChI=1S/C10H12N2O3/c1-8(13)12(10(14)15-2)7-9-5-3-4-6-11-9/h3-6H,7H2,1-2H3. The number of pyridine rings is 1. The molecule has 0 N–H and O–H groups in total. The molecular formula is C10H12N2O3. The minimum absolute atomic E-state index is 0.128. The summed E-state index contributed by atoms with van der Waals surface area (Å²) >= 11 is 0. The minimum Gasteiger partial charge on any atom is -0.452 e. The molecule has 5 heteroatoms. The van der Waals surface area contributed by atoms with Gasteiger partial charge in [0.1, 0.15) is 0 Å².